The topological polar surface area (TPSA) is 285 Å². The van der Waals surface area contributed by atoms with Gasteiger partial charge in [-0.15, -0.1) is 0 Å². The van der Waals surface area contributed by atoms with Crippen molar-refractivity contribution in [3.05, 3.63) is 59.7 Å². The number of nitrogens with one attached hydrogen (secondary N) is 1. The second-order valence-electron chi connectivity index (χ2n) is 15.3. The van der Waals surface area contributed by atoms with Gasteiger partial charge in [0.15, 0.2) is 29.7 Å². The normalized spacial score (nSPS) is 31.3. The van der Waals surface area contributed by atoms with Crippen molar-refractivity contribution in [3.63, 3.8) is 0 Å². The number of hydrogen-bond acceptors (Lipinski definition) is 17. The Kier molecular flexibility index (Phi) is 13.8. The van der Waals surface area contributed by atoms with Gasteiger partial charge in [0.25, 0.3) is 0 Å². The van der Waals surface area contributed by atoms with Gasteiger partial charge in [-0.05, 0) is 87.3 Å². The highest BCUT2D eigenvalue weighted by Crippen LogP contribution is 2.69. The van der Waals surface area contributed by atoms with Gasteiger partial charge < -0.3 is 44.7 Å². The van der Waals surface area contributed by atoms with Crippen LogP contribution >= 0.6 is 0 Å². The molecular formula is C39H47FN2O17. The lowest BCUT2D eigenvalue weighted by Crippen LogP contribution is -2.69. The van der Waals surface area contributed by atoms with E-state index in [2.05, 4.69) is 4.84 Å². The average Bonchev–Trinajstić information content (AvgIpc) is 3.38. The van der Waals surface area contributed by atoms with Crippen LogP contribution in [0.1, 0.15) is 57.9 Å². The summed E-state index contributed by atoms with van der Waals surface area (Å²) in [5.41, 5.74) is -6.78. The summed E-state index contributed by atoms with van der Waals surface area (Å²) in [6, 6.07) is 3.76. The number of amides is 1. The molecule has 0 bridgehead atoms. The van der Waals surface area contributed by atoms with Crippen LogP contribution in [0.15, 0.2) is 54.1 Å². The molecule has 7 N–H and O–H groups in total. The smallest absolute Gasteiger partial charge is 0.480 e. The lowest BCUT2D eigenvalue weighted by Gasteiger charge is -2.62. The Morgan fingerprint density at radius 2 is 1.69 bits per heavy atom. The SMILES string of the molecule is C[C@]12C=CC(=O)C=C1CC[C@H]1[C@@H]3C[C@@H](O)[C@](O)(C(=O)COC(=O)NC(COC(=O)Oc4ccc(/C=C/C(=O)OCCCCON(O)O)cc4)C(=O)O)[C@@]3(C)C[C@H](O)[C@@]12F. The molecule has 0 aliphatic heterocycles. The fourth-order valence-electron chi connectivity index (χ4n) is 8.99. The molecule has 0 saturated heterocycles. The molecule has 9 atom stereocenters. The number of aliphatic hydroxyl groups excluding tert-OH is 2. The fraction of sp³-hybridized carbons (Fsp3) is 0.538. The summed E-state index contributed by atoms with van der Waals surface area (Å²) in [6.07, 6.45) is 0.982. The molecule has 4 aliphatic carbocycles. The zero-order valence-electron chi connectivity index (χ0n) is 32.2. The first-order valence-corrected chi connectivity index (χ1v) is 18.8. The van der Waals surface area contributed by atoms with Gasteiger partial charge >= 0.3 is 24.2 Å². The number of esters is 1. The highest BCUT2D eigenvalue weighted by atomic mass is 19.1. The van der Waals surface area contributed by atoms with E-state index in [1.807, 2.05) is 5.32 Å². The average molecular weight is 835 g/mol. The van der Waals surface area contributed by atoms with Crippen LogP contribution in [-0.4, -0.2) is 128 Å². The number of carbonyl (C=O) groups is 6. The van der Waals surface area contributed by atoms with Gasteiger partial charge in [-0.3, -0.25) is 24.8 Å². The van der Waals surface area contributed by atoms with Gasteiger partial charge in [0.2, 0.25) is 5.78 Å². The number of ether oxygens (including phenoxy) is 4. The van der Waals surface area contributed by atoms with Crippen molar-refractivity contribution >= 4 is 41.8 Å². The maximum Gasteiger partial charge on any atom is 0.513 e. The summed E-state index contributed by atoms with van der Waals surface area (Å²) in [5, 5.41) is 62.4. The van der Waals surface area contributed by atoms with Crippen molar-refractivity contribution in [2.45, 2.75) is 81.9 Å². The molecular weight excluding hydrogens is 787 g/mol. The molecule has 1 aromatic rings. The highest BCUT2D eigenvalue weighted by Gasteiger charge is 2.76. The molecule has 0 aromatic heterocycles. The molecule has 59 heavy (non-hydrogen) atoms. The van der Waals surface area contributed by atoms with E-state index in [4.69, 9.17) is 29.4 Å². The lowest BCUT2D eigenvalue weighted by atomic mass is 9.44. The van der Waals surface area contributed by atoms with Crippen molar-refractivity contribution in [2.24, 2.45) is 22.7 Å². The summed E-state index contributed by atoms with van der Waals surface area (Å²) in [4.78, 5) is 78.7. The number of alkyl carbamates (subject to hydrolysis) is 1. The first kappa shape index (κ1) is 45.0. The number of halogens is 1. The minimum Gasteiger partial charge on any atom is -0.480 e. The van der Waals surface area contributed by atoms with Crippen LogP contribution in [0.5, 0.6) is 5.75 Å². The van der Waals surface area contributed by atoms with E-state index in [-0.39, 0.29) is 37.6 Å². The number of aliphatic carboxylic acids is 1. The van der Waals surface area contributed by atoms with Gasteiger partial charge in [-0.1, -0.05) is 30.7 Å². The molecule has 20 heteroatoms. The summed E-state index contributed by atoms with van der Waals surface area (Å²) < 4.78 is 37.1. The number of nitrogens with zero attached hydrogens (tertiary/aromatic N) is 1. The maximum absolute atomic E-state index is 17.3. The molecule has 0 radical (unpaired) electrons. The Hall–Kier alpha value is -5.09. The number of fused-ring (bicyclic) bond motifs is 5. The van der Waals surface area contributed by atoms with Crippen LogP contribution in [0, 0.1) is 22.7 Å². The number of ketones is 2. The number of alkyl halides is 1. The maximum atomic E-state index is 17.3. The van der Waals surface area contributed by atoms with E-state index < -0.39 is 107 Å². The van der Waals surface area contributed by atoms with Crippen molar-refractivity contribution in [1.82, 2.24) is 10.7 Å². The third-order valence-corrected chi connectivity index (χ3v) is 12.1. The van der Waals surface area contributed by atoms with Crippen LogP contribution in [0.25, 0.3) is 6.08 Å². The monoisotopic (exact) mass is 834 g/mol. The van der Waals surface area contributed by atoms with E-state index in [1.165, 1.54) is 55.5 Å². The number of Topliss-reactive ketones (excluding diaryl/α,β-unsaturated/α-hetero) is 1. The van der Waals surface area contributed by atoms with Gasteiger partial charge in [0.05, 0.1) is 30.8 Å². The van der Waals surface area contributed by atoms with Crippen LogP contribution in [-0.2, 0) is 38.2 Å². The number of aliphatic hydroxyl groups is 3. The molecule has 1 unspecified atom stereocenters. The largest absolute Gasteiger partial charge is 0.513 e. The van der Waals surface area contributed by atoms with Gasteiger partial charge in [0, 0.05) is 22.8 Å². The number of allylic oxidation sites excluding steroid dienone is 4. The summed E-state index contributed by atoms with van der Waals surface area (Å²) in [7, 11) is 0. The number of carboxylic acids is 1. The first-order valence-electron chi connectivity index (χ1n) is 18.8. The van der Waals surface area contributed by atoms with E-state index >= 15 is 4.39 Å². The van der Waals surface area contributed by atoms with E-state index in [0.717, 1.165) is 6.08 Å². The van der Waals surface area contributed by atoms with Crippen molar-refractivity contribution in [2.75, 3.05) is 26.4 Å². The molecule has 3 saturated carbocycles. The van der Waals surface area contributed by atoms with Crippen LogP contribution in [0.3, 0.4) is 0 Å². The van der Waals surface area contributed by atoms with Crippen LogP contribution in [0.2, 0.25) is 0 Å². The van der Waals surface area contributed by atoms with Gasteiger partial charge in [-0.2, -0.15) is 0 Å². The third-order valence-electron chi connectivity index (χ3n) is 12.1. The molecule has 5 rings (SSSR count). The molecule has 3 fully saturated rings. The van der Waals surface area contributed by atoms with Crippen LogP contribution < -0.4 is 10.1 Å². The van der Waals surface area contributed by atoms with E-state index in [1.54, 1.807) is 6.92 Å². The summed E-state index contributed by atoms with van der Waals surface area (Å²) >= 11 is 0. The number of unbranched alkanes of at least 4 members (excludes halogenated alkanes) is 1. The Labute approximate surface area is 336 Å². The molecule has 0 heterocycles. The van der Waals surface area contributed by atoms with Gasteiger partial charge in [-0.25, -0.2) is 23.6 Å². The summed E-state index contributed by atoms with van der Waals surface area (Å²) in [5.74, 6) is -5.53. The minimum atomic E-state index is -2.60. The molecule has 0 spiro atoms. The van der Waals surface area contributed by atoms with E-state index in [0.29, 0.717) is 30.4 Å². The predicted octanol–water partition coefficient (Wildman–Crippen LogP) is 2.37. The van der Waals surface area contributed by atoms with Gasteiger partial charge in [0.1, 0.15) is 12.4 Å². The fourth-order valence-corrected chi connectivity index (χ4v) is 8.99. The van der Waals surface area contributed by atoms with Crippen LogP contribution in [0.4, 0.5) is 14.0 Å². The predicted molar refractivity (Wildman–Crippen MR) is 195 cm³/mol. The minimum absolute atomic E-state index is 0.00318. The lowest BCUT2D eigenvalue weighted by molar-refractivity contribution is -0.492. The zero-order valence-corrected chi connectivity index (χ0v) is 32.2. The van der Waals surface area contributed by atoms with Crippen molar-refractivity contribution < 1.29 is 87.8 Å². The summed E-state index contributed by atoms with van der Waals surface area (Å²) in [6.45, 7) is 1.03. The second kappa shape index (κ2) is 18.0. The van der Waals surface area contributed by atoms with Crippen molar-refractivity contribution in [3.8, 4) is 5.75 Å². The molecule has 4 aliphatic rings. The third kappa shape index (κ3) is 9.08. The Morgan fingerprint density at radius 3 is 2.37 bits per heavy atom. The molecule has 1 aromatic carbocycles. The standard InChI is InChI=1S/C39H47FN2O17/c1-36-14-13-24(43)17-23(36)8-11-26-27-18-29(44)39(52,37(27,2)19-30(45)38(26,36)40)31(46)21-56-34(50)41-28(33(48)49)20-57-35(51)59-25-9-5-22(6-10-25)7-12-32(47)55-15-3-4-16-58-42(53)54/h5-7,9-10,12-14,17,26-30,44-45,52-54H,3-4,8,11,15-16,18-21H2,1-2H3,(H,41,50)(H,48,49)/b12-7+/t26-,27-,28?,29+,30-,36-,37-,38-,39-/m0/s1. The molecule has 1 amide bonds. The number of carbonyl (C=O) groups excluding carboxylic acids is 5. The number of carboxylic acid groups (broad SMARTS) is 1. The zero-order chi connectivity index (χ0) is 43.3. The Morgan fingerprint density at radius 1 is 1.00 bits per heavy atom. The molecule has 322 valence electrons. The first-order chi connectivity index (χ1) is 27.8. The molecule has 19 nitrogen and oxygen atoms in total. The Bertz CT molecular complexity index is 1890. The number of benzene rings is 1. The Balaban J connectivity index is 1.10. The second-order valence-corrected chi connectivity index (χ2v) is 15.3. The quantitative estimate of drug-likeness (QED) is 0.0314. The highest BCUT2D eigenvalue weighted by molar-refractivity contribution is 6.01. The van der Waals surface area contributed by atoms with E-state index in [9.17, 15) is 49.2 Å². The number of rotatable bonds is 16. The number of hydrogen-bond donors (Lipinski definition) is 7. The van der Waals surface area contributed by atoms with Crippen molar-refractivity contribution in [1.29, 1.82) is 0 Å².